The highest BCUT2D eigenvalue weighted by Crippen LogP contribution is 2.30. The standard InChI is InChI=1S/C20H20N2O4/c21-19(24)18-16-4-2-1-3-14(16)11-12-22(18)17(23)10-7-13-5-8-15(9-6-13)20(25)26/h1-6,8-9,18H,7,10-12H2,(H2,21,24)(H,25,26). The molecule has 6 heteroatoms. The van der Waals surface area contributed by atoms with Gasteiger partial charge in [0.05, 0.1) is 5.56 Å². The minimum atomic E-state index is -0.982. The predicted octanol–water partition coefficient (Wildman–Crippen LogP) is 1.93. The lowest BCUT2D eigenvalue weighted by atomic mass is 9.91. The highest BCUT2D eigenvalue weighted by atomic mass is 16.4. The summed E-state index contributed by atoms with van der Waals surface area (Å²) in [5, 5.41) is 8.92. The molecule has 0 saturated carbocycles. The quantitative estimate of drug-likeness (QED) is 0.858. The van der Waals surface area contributed by atoms with Gasteiger partial charge in [0.15, 0.2) is 0 Å². The maximum Gasteiger partial charge on any atom is 0.335 e. The van der Waals surface area contributed by atoms with E-state index in [9.17, 15) is 14.4 Å². The summed E-state index contributed by atoms with van der Waals surface area (Å²) in [6, 6.07) is 13.3. The first kappa shape index (κ1) is 17.7. The summed E-state index contributed by atoms with van der Waals surface area (Å²) in [5.41, 5.74) is 8.50. The SMILES string of the molecule is NC(=O)C1c2ccccc2CCN1C(=O)CCc1ccc(C(=O)O)cc1. The Hall–Kier alpha value is -3.15. The van der Waals surface area contributed by atoms with Gasteiger partial charge in [-0.3, -0.25) is 9.59 Å². The molecular formula is C20H20N2O4. The minimum absolute atomic E-state index is 0.134. The van der Waals surface area contributed by atoms with E-state index in [2.05, 4.69) is 0 Å². The van der Waals surface area contributed by atoms with Gasteiger partial charge in [0, 0.05) is 13.0 Å². The number of carboxylic acid groups (broad SMARTS) is 1. The van der Waals surface area contributed by atoms with Crippen LogP contribution in [0.3, 0.4) is 0 Å². The van der Waals surface area contributed by atoms with Crippen molar-refractivity contribution in [1.29, 1.82) is 0 Å². The van der Waals surface area contributed by atoms with Crippen molar-refractivity contribution in [2.75, 3.05) is 6.54 Å². The summed E-state index contributed by atoms with van der Waals surface area (Å²) in [4.78, 5) is 37.1. The average Bonchev–Trinajstić information content (AvgIpc) is 2.65. The van der Waals surface area contributed by atoms with E-state index < -0.39 is 17.9 Å². The maximum absolute atomic E-state index is 12.7. The van der Waals surface area contributed by atoms with Gasteiger partial charge in [-0.1, -0.05) is 36.4 Å². The van der Waals surface area contributed by atoms with Crippen molar-refractivity contribution < 1.29 is 19.5 Å². The molecule has 0 saturated heterocycles. The number of carbonyl (C=O) groups is 3. The fraction of sp³-hybridized carbons (Fsp3) is 0.250. The van der Waals surface area contributed by atoms with Crippen LogP contribution in [0.15, 0.2) is 48.5 Å². The Morgan fingerprint density at radius 3 is 2.42 bits per heavy atom. The highest BCUT2D eigenvalue weighted by Gasteiger charge is 2.34. The maximum atomic E-state index is 12.7. The number of amides is 2. The number of aryl methyl sites for hydroxylation is 1. The Morgan fingerprint density at radius 1 is 1.08 bits per heavy atom. The van der Waals surface area contributed by atoms with Crippen LogP contribution in [-0.2, 0) is 22.4 Å². The van der Waals surface area contributed by atoms with Gasteiger partial charge in [-0.05, 0) is 41.7 Å². The average molecular weight is 352 g/mol. The van der Waals surface area contributed by atoms with Crippen molar-refractivity contribution in [3.05, 3.63) is 70.8 Å². The first-order valence-electron chi connectivity index (χ1n) is 8.46. The molecule has 0 spiro atoms. The second kappa shape index (κ2) is 7.39. The number of carboxylic acids is 1. The van der Waals surface area contributed by atoms with E-state index in [1.165, 1.54) is 12.1 Å². The summed E-state index contributed by atoms with van der Waals surface area (Å²) in [6.07, 6.45) is 1.40. The van der Waals surface area contributed by atoms with Crippen molar-refractivity contribution in [2.45, 2.75) is 25.3 Å². The molecule has 0 bridgehead atoms. The van der Waals surface area contributed by atoms with Gasteiger partial charge >= 0.3 is 5.97 Å². The molecule has 134 valence electrons. The van der Waals surface area contributed by atoms with Crippen molar-refractivity contribution >= 4 is 17.8 Å². The highest BCUT2D eigenvalue weighted by molar-refractivity contribution is 5.89. The van der Waals surface area contributed by atoms with Gasteiger partial charge in [-0.25, -0.2) is 4.79 Å². The number of benzene rings is 2. The van der Waals surface area contributed by atoms with Gasteiger partial charge in [0.1, 0.15) is 6.04 Å². The molecule has 1 unspecified atom stereocenters. The Balaban J connectivity index is 1.71. The normalized spacial score (nSPS) is 16.0. The molecule has 0 radical (unpaired) electrons. The molecule has 1 aliphatic rings. The molecule has 3 N–H and O–H groups in total. The molecule has 0 fully saturated rings. The van der Waals surface area contributed by atoms with E-state index in [4.69, 9.17) is 10.8 Å². The summed E-state index contributed by atoms with van der Waals surface area (Å²) in [6.45, 7) is 0.460. The third-order valence-corrected chi connectivity index (χ3v) is 4.70. The number of hydrogen-bond donors (Lipinski definition) is 2. The van der Waals surface area contributed by atoms with E-state index in [-0.39, 0.29) is 17.9 Å². The Kier molecular flexibility index (Phi) is 5.02. The molecule has 26 heavy (non-hydrogen) atoms. The lowest BCUT2D eigenvalue weighted by Gasteiger charge is -2.35. The van der Waals surface area contributed by atoms with E-state index >= 15 is 0 Å². The summed E-state index contributed by atoms with van der Waals surface area (Å²) >= 11 is 0. The van der Waals surface area contributed by atoms with E-state index in [0.29, 0.717) is 19.4 Å². The van der Waals surface area contributed by atoms with Crippen LogP contribution in [0.5, 0.6) is 0 Å². The molecule has 1 atom stereocenters. The Morgan fingerprint density at radius 2 is 1.77 bits per heavy atom. The number of nitrogens with two attached hydrogens (primary N) is 1. The smallest absolute Gasteiger partial charge is 0.335 e. The van der Waals surface area contributed by atoms with Gasteiger partial charge in [0.25, 0.3) is 0 Å². The zero-order chi connectivity index (χ0) is 18.7. The lowest BCUT2D eigenvalue weighted by molar-refractivity contribution is -0.140. The molecule has 6 nitrogen and oxygen atoms in total. The third kappa shape index (κ3) is 3.59. The number of fused-ring (bicyclic) bond motifs is 1. The van der Waals surface area contributed by atoms with Gasteiger partial charge in [0.2, 0.25) is 11.8 Å². The number of aromatic carboxylic acids is 1. The third-order valence-electron chi connectivity index (χ3n) is 4.70. The fourth-order valence-corrected chi connectivity index (χ4v) is 3.35. The van der Waals surface area contributed by atoms with Crippen LogP contribution < -0.4 is 5.73 Å². The van der Waals surface area contributed by atoms with Crippen molar-refractivity contribution in [3.63, 3.8) is 0 Å². The topological polar surface area (TPSA) is 101 Å². The van der Waals surface area contributed by atoms with Gasteiger partial charge in [-0.15, -0.1) is 0 Å². The lowest BCUT2D eigenvalue weighted by Crippen LogP contribution is -2.45. The van der Waals surface area contributed by atoms with E-state index in [1.54, 1.807) is 17.0 Å². The molecule has 2 amide bonds. The van der Waals surface area contributed by atoms with Crippen LogP contribution in [-0.4, -0.2) is 34.3 Å². The van der Waals surface area contributed by atoms with Gasteiger partial charge in [-0.2, -0.15) is 0 Å². The first-order valence-corrected chi connectivity index (χ1v) is 8.46. The van der Waals surface area contributed by atoms with Crippen LogP contribution in [0, 0.1) is 0 Å². The minimum Gasteiger partial charge on any atom is -0.478 e. The summed E-state index contributed by atoms with van der Waals surface area (Å²) < 4.78 is 0. The van der Waals surface area contributed by atoms with Crippen LogP contribution in [0.25, 0.3) is 0 Å². The van der Waals surface area contributed by atoms with Crippen molar-refractivity contribution in [1.82, 2.24) is 4.90 Å². The Bertz CT molecular complexity index is 845. The second-order valence-electron chi connectivity index (χ2n) is 6.34. The monoisotopic (exact) mass is 352 g/mol. The number of hydrogen-bond acceptors (Lipinski definition) is 3. The fourth-order valence-electron chi connectivity index (χ4n) is 3.35. The number of nitrogens with zero attached hydrogens (tertiary/aromatic N) is 1. The zero-order valence-corrected chi connectivity index (χ0v) is 14.2. The molecule has 0 aromatic heterocycles. The van der Waals surface area contributed by atoms with Crippen LogP contribution >= 0.6 is 0 Å². The van der Waals surface area contributed by atoms with Crippen LogP contribution in [0.1, 0.15) is 39.5 Å². The Labute approximate surface area is 151 Å². The van der Waals surface area contributed by atoms with E-state index in [0.717, 1.165) is 16.7 Å². The molecule has 2 aromatic carbocycles. The van der Waals surface area contributed by atoms with Crippen molar-refractivity contribution in [2.24, 2.45) is 5.73 Å². The molecule has 1 aliphatic heterocycles. The summed E-state index contributed by atoms with van der Waals surface area (Å²) in [7, 11) is 0. The van der Waals surface area contributed by atoms with Gasteiger partial charge < -0.3 is 15.7 Å². The van der Waals surface area contributed by atoms with Crippen molar-refractivity contribution in [3.8, 4) is 0 Å². The first-order chi connectivity index (χ1) is 12.5. The second-order valence-corrected chi connectivity index (χ2v) is 6.34. The van der Waals surface area contributed by atoms with Crippen LogP contribution in [0.4, 0.5) is 0 Å². The molecule has 1 heterocycles. The largest absolute Gasteiger partial charge is 0.478 e. The van der Waals surface area contributed by atoms with E-state index in [1.807, 2.05) is 24.3 Å². The molecular weight excluding hydrogens is 332 g/mol. The summed E-state index contributed by atoms with van der Waals surface area (Å²) in [5.74, 6) is -1.65. The molecule has 0 aliphatic carbocycles. The number of primary amides is 1. The predicted molar refractivity (Wildman–Crippen MR) is 95.5 cm³/mol. The molecule has 2 aromatic rings. The number of carbonyl (C=O) groups excluding carboxylic acids is 2. The molecule has 3 rings (SSSR count). The van der Waals surface area contributed by atoms with Crippen LogP contribution in [0.2, 0.25) is 0 Å². The number of rotatable bonds is 5. The zero-order valence-electron chi connectivity index (χ0n) is 14.2.